The predicted molar refractivity (Wildman–Crippen MR) is 432 cm³/mol. The minimum atomic E-state index is -0.750. The number of benzene rings is 5. The van der Waals surface area contributed by atoms with Gasteiger partial charge in [-0.25, -0.2) is 4.58 Å². The second-order valence-corrected chi connectivity index (χ2v) is 31.0. The standard InChI is InChI=1S/C39H44I4N2O4.C19H18.C17H21I2NO2.CH4.ClH.2HI/c1-6-7-16-27(37(48)49)39(3)33(45(5)31-24-26(41)22-29(43)36(31)39)18-13-10-8-9-12-17-32-38(2,20-15-11-14-19-34(46)47)35-28(42)21-25(40)23-30(35)44(32)4;1(2-6-12-18-14-8-4-9-15-18)3-7-13-19-16-10-5-11-17-19;1-11-17(2,8-6-4-5-7-15(21)22)16-13(19)9-12(18)10-14(16)20(11)3;;;;/h8-10,12-13,17-18,21-24,27H,6-7,11,14-16,19-20H2,1-5H3,(H-,46,47,48,49);1-12,14-17H,13H2;9-10H,4-8H2,1-3H3;1H4;3*1H/p-1/b;2-1+,7-3+,12-6+;;;;;. The van der Waals surface area contributed by atoms with E-state index < -0.39 is 29.2 Å². The van der Waals surface area contributed by atoms with Gasteiger partial charge in [0.05, 0.1) is 27.9 Å². The number of hydrogen-bond donors (Lipinski definition) is 3. The normalized spacial score (nSPS) is 18.6. The molecule has 0 saturated carbocycles. The summed E-state index contributed by atoms with van der Waals surface area (Å²) in [5.74, 6) is -2.71. The molecule has 3 aliphatic heterocycles. The number of carboxylic acids is 3. The molecule has 508 valence electrons. The monoisotopic (exact) mass is 2190 g/mol. The van der Waals surface area contributed by atoms with Crippen LogP contribution in [0.4, 0.5) is 17.1 Å². The highest BCUT2D eigenvalue weighted by molar-refractivity contribution is 14.1. The van der Waals surface area contributed by atoms with Gasteiger partial charge in [0.1, 0.15) is 14.1 Å². The molecular formula is C76H89ClI8N3O6-. The van der Waals surface area contributed by atoms with Gasteiger partial charge in [-0.3, -0.25) is 14.4 Å². The number of hydrogen-bond acceptors (Lipinski definition) is 4. The molecule has 94 heavy (non-hydrogen) atoms. The highest BCUT2D eigenvalue weighted by atomic mass is 127. The zero-order chi connectivity index (χ0) is 65.8. The number of nitrogens with zero attached hydrogens (tertiary/aromatic N) is 3. The van der Waals surface area contributed by atoms with Gasteiger partial charge >= 0.3 is 17.9 Å². The highest BCUT2D eigenvalue weighted by Gasteiger charge is 2.52. The number of fused-ring (bicyclic) bond motifs is 3. The smallest absolute Gasteiger partial charge is 0.307 e. The molecule has 0 spiro atoms. The van der Waals surface area contributed by atoms with E-state index in [4.69, 9.17) is 10.2 Å². The van der Waals surface area contributed by atoms with Crippen LogP contribution < -0.4 is 65.3 Å². The van der Waals surface area contributed by atoms with Crippen molar-refractivity contribution in [2.24, 2.45) is 5.92 Å². The van der Waals surface area contributed by atoms with Crippen LogP contribution in [-0.4, -0.2) is 74.9 Å². The fourth-order valence-electron chi connectivity index (χ4n) is 12.7. The number of likely N-dealkylation sites (N-methyl/N-ethyl adjacent to an activating group) is 1. The zero-order valence-electron chi connectivity index (χ0n) is 54.0. The summed E-state index contributed by atoms with van der Waals surface area (Å²) in [5.41, 5.74) is 12.9. The van der Waals surface area contributed by atoms with Crippen molar-refractivity contribution < 1.29 is 99.2 Å². The van der Waals surface area contributed by atoms with Gasteiger partial charge < -0.3 is 80.6 Å². The van der Waals surface area contributed by atoms with Crippen LogP contribution in [0.25, 0.3) is 6.08 Å². The number of carboxylic acid groups (broad SMARTS) is 3. The Hall–Kier alpha value is -2.04. The topological polar surface area (TPSA) is 121 Å². The lowest BCUT2D eigenvalue weighted by molar-refractivity contribution is -0.403. The molecule has 9 nitrogen and oxygen atoms in total. The van der Waals surface area contributed by atoms with E-state index in [1.807, 2.05) is 55.6 Å². The van der Waals surface area contributed by atoms with E-state index in [-0.39, 0.29) is 91.5 Å². The Morgan fingerprint density at radius 3 is 1.59 bits per heavy atom. The molecule has 3 N–H and O–H groups in total. The van der Waals surface area contributed by atoms with Crippen molar-refractivity contribution in [2.75, 3.05) is 26.0 Å². The molecule has 0 fully saturated rings. The van der Waals surface area contributed by atoms with Crippen LogP contribution in [0.2, 0.25) is 0 Å². The molecule has 0 aromatic heterocycles. The minimum absolute atomic E-state index is 0. The van der Waals surface area contributed by atoms with Crippen LogP contribution in [-0.2, 0) is 37.0 Å². The third-order valence-corrected chi connectivity index (χ3v) is 22.0. The van der Waals surface area contributed by atoms with Crippen LogP contribution in [0.3, 0.4) is 0 Å². The van der Waals surface area contributed by atoms with E-state index >= 15 is 0 Å². The van der Waals surface area contributed by atoms with E-state index in [9.17, 15) is 19.5 Å². The number of anilines is 1. The Morgan fingerprint density at radius 2 is 1.04 bits per heavy atom. The van der Waals surface area contributed by atoms with E-state index in [1.54, 1.807) is 0 Å². The van der Waals surface area contributed by atoms with Crippen molar-refractivity contribution in [2.45, 2.75) is 148 Å². The largest absolute Gasteiger partial charge is 1.00 e. The van der Waals surface area contributed by atoms with E-state index in [0.717, 1.165) is 88.3 Å². The summed E-state index contributed by atoms with van der Waals surface area (Å²) in [6.45, 7) is 11.1. The van der Waals surface area contributed by atoms with E-state index in [1.165, 1.54) is 59.3 Å². The molecule has 3 aliphatic rings. The Labute approximate surface area is 682 Å². The second-order valence-electron chi connectivity index (χ2n) is 23.8. The summed E-state index contributed by atoms with van der Waals surface area (Å²) >= 11 is 14.4. The quantitative estimate of drug-likeness (QED) is 0.0218. The fourth-order valence-corrected chi connectivity index (χ4v) is 19.9. The first kappa shape index (κ1) is 88.0. The molecule has 4 atom stereocenters. The van der Waals surface area contributed by atoms with Gasteiger partial charge in [0.25, 0.3) is 0 Å². The summed E-state index contributed by atoms with van der Waals surface area (Å²) in [7, 11) is 6.33. The van der Waals surface area contributed by atoms with Crippen molar-refractivity contribution in [1.82, 2.24) is 0 Å². The average Bonchev–Trinajstić information content (AvgIpc) is 1.57. The molecule has 18 heteroatoms. The van der Waals surface area contributed by atoms with Crippen LogP contribution in [0, 0.1) is 27.3 Å². The Bertz CT molecular complexity index is 3660. The van der Waals surface area contributed by atoms with Crippen LogP contribution in [0.15, 0.2) is 176 Å². The molecule has 0 bridgehead atoms. The molecular weight excluding hydrogens is 2100 g/mol. The maximum Gasteiger partial charge on any atom is 0.307 e. The van der Waals surface area contributed by atoms with Gasteiger partial charge in [0, 0.05) is 88.8 Å². The molecule has 3 heterocycles. The predicted octanol–water partition coefficient (Wildman–Crippen LogP) is 12.6. The highest BCUT2D eigenvalue weighted by Crippen LogP contribution is 2.55. The van der Waals surface area contributed by atoms with Crippen molar-refractivity contribution in [3.8, 4) is 0 Å². The van der Waals surface area contributed by atoms with Gasteiger partial charge in [-0.1, -0.05) is 180 Å². The van der Waals surface area contributed by atoms with Crippen molar-refractivity contribution >= 4 is 188 Å². The average molecular weight is 2190 g/mol. The van der Waals surface area contributed by atoms with Crippen molar-refractivity contribution in [3.05, 3.63) is 225 Å². The number of carbonyl (C=O) groups is 3. The maximum absolute atomic E-state index is 12.8. The molecule has 0 aliphatic carbocycles. The van der Waals surface area contributed by atoms with Gasteiger partial charge in [-0.15, -0.1) is 0 Å². The van der Waals surface area contributed by atoms with Crippen LogP contribution >= 0.6 is 136 Å². The van der Waals surface area contributed by atoms with Gasteiger partial charge in [-0.2, -0.15) is 4.58 Å². The third kappa shape index (κ3) is 23.5. The summed E-state index contributed by atoms with van der Waals surface area (Å²) < 4.78 is 11.9. The van der Waals surface area contributed by atoms with Crippen molar-refractivity contribution in [3.63, 3.8) is 0 Å². The van der Waals surface area contributed by atoms with E-state index in [2.05, 4.69) is 326 Å². The maximum atomic E-state index is 12.8. The first-order chi connectivity index (χ1) is 42.9. The Kier molecular flexibility index (Phi) is 40.2. The van der Waals surface area contributed by atoms with Crippen molar-refractivity contribution in [1.29, 1.82) is 0 Å². The zero-order valence-corrected chi connectivity index (χ0v) is 72.0. The molecule has 5 aromatic carbocycles. The van der Waals surface area contributed by atoms with Gasteiger partial charge in [0.15, 0.2) is 11.4 Å². The van der Waals surface area contributed by atoms with Gasteiger partial charge in [-0.05, 0) is 236 Å². The molecule has 0 saturated heterocycles. The van der Waals surface area contributed by atoms with Crippen LogP contribution in [0.5, 0.6) is 0 Å². The Balaban J connectivity index is 0.000000552. The second kappa shape index (κ2) is 42.9. The minimum Gasteiger partial charge on any atom is -1.00 e. The number of rotatable bonds is 26. The number of halogens is 9. The van der Waals surface area contributed by atoms with Gasteiger partial charge in [0.2, 0.25) is 11.4 Å². The first-order valence-corrected chi connectivity index (χ1v) is 37.3. The lowest BCUT2D eigenvalue weighted by atomic mass is 9.69. The number of aliphatic carboxylic acids is 3. The van der Waals surface area contributed by atoms with Crippen LogP contribution in [0.1, 0.15) is 153 Å². The fraction of sp³-hybridized carbons (Fsp3) is 0.355. The molecule has 0 amide bonds. The summed E-state index contributed by atoms with van der Waals surface area (Å²) in [6.07, 6.45) is 38.3. The summed E-state index contributed by atoms with van der Waals surface area (Å²) in [6, 6.07) is 34.1. The van der Waals surface area contributed by atoms with E-state index in [0.29, 0.717) is 12.8 Å². The first-order valence-electron chi connectivity index (χ1n) is 30.8. The Morgan fingerprint density at radius 1 is 0.574 bits per heavy atom. The number of allylic oxidation sites excluding steroid dienone is 13. The summed E-state index contributed by atoms with van der Waals surface area (Å²) in [4.78, 5) is 36.6. The molecule has 8 rings (SSSR count). The lowest BCUT2D eigenvalue weighted by Crippen LogP contribution is -3.00. The summed E-state index contributed by atoms with van der Waals surface area (Å²) in [5, 5.41) is 28.3. The SMILES string of the molecule is C.C(=C\C=C\c1ccccc1)/C=C/Cc1ccccc1.CC1=[N+](C)c2cc(I)cc(I)c2C1(C)CCCCCC(=O)O.CCCCC(C(=O)O)C1(C)/C(=C/C=C/C=C/C=C/C2=[N+](C)c3cc(I)cc(I)c3C2(C)CCCCCC(=O)O)N(C)c2cc(I)cc(I)c21.[Cl-].[I-].[I-]. The lowest BCUT2D eigenvalue weighted by Gasteiger charge is -2.35. The molecule has 4 unspecified atom stereocenters. The third-order valence-electron chi connectivity index (χ3n) is 17.6. The molecule has 5 aromatic rings. The molecule has 0 radical (unpaired) electrons. The number of unbranched alkanes of at least 4 members (excludes halogenated alkanes) is 5.